The summed E-state index contributed by atoms with van der Waals surface area (Å²) >= 11 is 0. The monoisotopic (exact) mass is 214 g/mol. The van der Waals surface area contributed by atoms with Crippen LogP contribution in [0, 0.1) is 5.41 Å². The van der Waals surface area contributed by atoms with Crippen LogP contribution in [-0.2, 0) is 4.74 Å². The van der Waals surface area contributed by atoms with Crippen LogP contribution in [0.2, 0.25) is 0 Å². The van der Waals surface area contributed by atoms with Crippen LogP contribution >= 0.6 is 0 Å². The highest BCUT2D eigenvalue weighted by molar-refractivity contribution is 4.90. The molecule has 90 valence electrons. The van der Waals surface area contributed by atoms with Crippen molar-refractivity contribution >= 4 is 0 Å². The lowest BCUT2D eigenvalue weighted by Gasteiger charge is -2.39. The van der Waals surface area contributed by atoms with Gasteiger partial charge in [-0.15, -0.1) is 0 Å². The van der Waals surface area contributed by atoms with Gasteiger partial charge in [0.05, 0.1) is 12.7 Å². The van der Waals surface area contributed by atoms with Crippen LogP contribution in [0.1, 0.15) is 34.1 Å². The van der Waals surface area contributed by atoms with E-state index >= 15 is 0 Å². The molecule has 15 heavy (non-hydrogen) atoms. The second kappa shape index (κ2) is 5.83. The zero-order valence-corrected chi connectivity index (χ0v) is 10.6. The zero-order valence-electron chi connectivity index (χ0n) is 10.6. The Morgan fingerprint density at radius 2 is 2.20 bits per heavy atom. The normalized spacial score (nSPS) is 25.8. The summed E-state index contributed by atoms with van der Waals surface area (Å²) < 4.78 is 5.52. The van der Waals surface area contributed by atoms with E-state index in [1.54, 1.807) is 0 Å². The van der Waals surface area contributed by atoms with Crippen molar-refractivity contribution in [2.24, 2.45) is 5.41 Å². The van der Waals surface area contributed by atoms with Crippen LogP contribution in [0.3, 0.4) is 0 Å². The largest absolute Gasteiger partial charge is 0.377 e. The lowest BCUT2D eigenvalue weighted by molar-refractivity contribution is 0.0733. The van der Waals surface area contributed by atoms with Crippen LogP contribution in [0.25, 0.3) is 0 Å². The highest BCUT2D eigenvalue weighted by Crippen LogP contribution is 2.24. The fourth-order valence-corrected chi connectivity index (χ4v) is 2.08. The van der Waals surface area contributed by atoms with Crippen LogP contribution < -0.4 is 10.6 Å². The smallest absolute Gasteiger partial charge is 0.0594 e. The van der Waals surface area contributed by atoms with Crippen molar-refractivity contribution in [1.29, 1.82) is 0 Å². The van der Waals surface area contributed by atoms with Crippen molar-refractivity contribution in [2.45, 2.75) is 46.3 Å². The van der Waals surface area contributed by atoms with Gasteiger partial charge in [0.2, 0.25) is 0 Å². The Hall–Kier alpha value is -0.120. The Balaban J connectivity index is 2.19. The summed E-state index contributed by atoms with van der Waals surface area (Å²) in [5, 5.41) is 7.04. The maximum absolute atomic E-state index is 5.52. The lowest BCUT2D eigenvalue weighted by atomic mass is 9.80. The molecule has 1 atom stereocenters. The number of hydrogen-bond acceptors (Lipinski definition) is 3. The van der Waals surface area contributed by atoms with Gasteiger partial charge in [-0.05, 0) is 32.2 Å². The third-order valence-electron chi connectivity index (χ3n) is 3.08. The van der Waals surface area contributed by atoms with E-state index in [2.05, 4.69) is 38.3 Å². The van der Waals surface area contributed by atoms with Gasteiger partial charge in [0.15, 0.2) is 0 Å². The number of rotatable bonds is 5. The molecule has 0 aromatic carbocycles. The van der Waals surface area contributed by atoms with E-state index in [0.29, 0.717) is 17.6 Å². The maximum Gasteiger partial charge on any atom is 0.0594 e. The zero-order chi connectivity index (χ0) is 11.3. The minimum Gasteiger partial charge on any atom is -0.377 e. The molecule has 0 saturated carbocycles. The minimum absolute atomic E-state index is 0.341. The molecular formula is C12H26N2O. The van der Waals surface area contributed by atoms with Crippen LogP contribution in [0.5, 0.6) is 0 Å². The van der Waals surface area contributed by atoms with Crippen molar-refractivity contribution in [3.05, 3.63) is 0 Å². The Morgan fingerprint density at radius 1 is 1.47 bits per heavy atom. The maximum atomic E-state index is 5.52. The van der Waals surface area contributed by atoms with Crippen molar-refractivity contribution in [2.75, 3.05) is 26.2 Å². The molecule has 1 saturated heterocycles. The highest BCUT2D eigenvalue weighted by Gasteiger charge is 2.31. The Bertz CT molecular complexity index is 180. The van der Waals surface area contributed by atoms with Crippen molar-refractivity contribution in [1.82, 2.24) is 10.6 Å². The molecule has 1 aliphatic rings. The molecule has 3 nitrogen and oxygen atoms in total. The van der Waals surface area contributed by atoms with Crippen LogP contribution in [0.15, 0.2) is 0 Å². The van der Waals surface area contributed by atoms with Crippen molar-refractivity contribution < 1.29 is 4.74 Å². The quantitative estimate of drug-likeness (QED) is 0.679. The van der Waals surface area contributed by atoms with Crippen LogP contribution in [0.4, 0.5) is 0 Å². The first-order valence-electron chi connectivity index (χ1n) is 6.08. The summed E-state index contributed by atoms with van der Waals surface area (Å²) in [5.41, 5.74) is 0.357. The standard InChI is InChI=1S/C12H26N2O/c1-10(2)15-8-7-14-11-5-6-13-9-12(11,3)4/h10-11,13-14H,5-9H2,1-4H3. The molecule has 0 aromatic rings. The van der Waals surface area contributed by atoms with Gasteiger partial charge < -0.3 is 15.4 Å². The average Bonchev–Trinajstić information content (AvgIpc) is 2.13. The topological polar surface area (TPSA) is 33.3 Å². The minimum atomic E-state index is 0.341. The number of ether oxygens (including phenoxy) is 1. The van der Waals surface area contributed by atoms with E-state index in [1.165, 1.54) is 6.42 Å². The number of nitrogens with one attached hydrogen (secondary N) is 2. The van der Waals surface area contributed by atoms with Crippen molar-refractivity contribution in [3.8, 4) is 0 Å². The van der Waals surface area contributed by atoms with E-state index < -0.39 is 0 Å². The fourth-order valence-electron chi connectivity index (χ4n) is 2.08. The van der Waals surface area contributed by atoms with E-state index in [9.17, 15) is 0 Å². The molecule has 1 heterocycles. The van der Waals surface area contributed by atoms with Gasteiger partial charge >= 0.3 is 0 Å². The van der Waals surface area contributed by atoms with Gasteiger partial charge in [0.25, 0.3) is 0 Å². The van der Waals surface area contributed by atoms with Gasteiger partial charge in [-0.3, -0.25) is 0 Å². The fraction of sp³-hybridized carbons (Fsp3) is 1.00. The Kier molecular flexibility index (Phi) is 5.03. The first-order chi connectivity index (χ1) is 7.02. The van der Waals surface area contributed by atoms with Gasteiger partial charge in [0.1, 0.15) is 0 Å². The molecule has 0 spiro atoms. The second-order valence-corrected chi connectivity index (χ2v) is 5.38. The summed E-state index contributed by atoms with van der Waals surface area (Å²) in [7, 11) is 0. The summed E-state index contributed by atoms with van der Waals surface area (Å²) in [5.74, 6) is 0. The average molecular weight is 214 g/mol. The molecule has 1 rings (SSSR count). The molecule has 1 fully saturated rings. The van der Waals surface area contributed by atoms with E-state index in [4.69, 9.17) is 4.74 Å². The summed E-state index contributed by atoms with van der Waals surface area (Å²) in [6, 6.07) is 0.620. The van der Waals surface area contributed by atoms with Gasteiger partial charge in [0, 0.05) is 19.1 Å². The Morgan fingerprint density at radius 3 is 2.80 bits per heavy atom. The molecule has 1 unspecified atom stereocenters. The predicted molar refractivity (Wildman–Crippen MR) is 64.1 cm³/mol. The molecular weight excluding hydrogens is 188 g/mol. The summed E-state index contributed by atoms with van der Waals surface area (Å²) in [6.45, 7) is 12.8. The summed E-state index contributed by atoms with van der Waals surface area (Å²) in [6.07, 6.45) is 1.56. The molecule has 0 aromatic heterocycles. The molecule has 0 amide bonds. The molecule has 0 aliphatic carbocycles. The number of piperidine rings is 1. The highest BCUT2D eigenvalue weighted by atomic mass is 16.5. The second-order valence-electron chi connectivity index (χ2n) is 5.38. The lowest BCUT2D eigenvalue weighted by Crippen LogP contribution is -2.53. The molecule has 3 heteroatoms. The third-order valence-corrected chi connectivity index (χ3v) is 3.08. The SMILES string of the molecule is CC(C)OCCNC1CCNCC1(C)C. The first-order valence-corrected chi connectivity index (χ1v) is 6.08. The van der Waals surface area contributed by atoms with E-state index in [0.717, 1.165) is 26.2 Å². The molecule has 1 aliphatic heterocycles. The number of hydrogen-bond donors (Lipinski definition) is 2. The van der Waals surface area contributed by atoms with E-state index in [-0.39, 0.29) is 0 Å². The molecule has 0 radical (unpaired) electrons. The van der Waals surface area contributed by atoms with Crippen molar-refractivity contribution in [3.63, 3.8) is 0 Å². The predicted octanol–water partition coefficient (Wildman–Crippen LogP) is 1.39. The third kappa shape index (κ3) is 4.49. The van der Waals surface area contributed by atoms with Gasteiger partial charge in [-0.1, -0.05) is 13.8 Å². The molecule has 0 bridgehead atoms. The van der Waals surface area contributed by atoms with Gasteiger partial charge in [-0.25, -0.2) is 0 Å². The summed E-state index contributed by atoms with van der Waals surface area (Å²) in [4.78, 5) is 0. The first kappa shape index (κ1) is 12.9. The Labute approximate surface area is 94.0 Å². The van der Waals surface area contributed by atoms with Gasteiger partial charge in [-0.2, -0.15) is 0 Å². The van der Waals surface area contributed by atoms with E-state index in [1.807, 2.05) is 0 Å². The molecule has 2 N–H and O–H groups in total. The van der Waals surface area contributed by atoms with Crippen LogP contribution in [-0.4, -0.2) is 38.4 Å².